The lowest BCUT2D eigenvalue weighted by atomic mass is 10.1. The van der Waals surface area contributed by atoms with Crippen molar-refractivity contribution in [2.75, 3.05) is 40.3 Å². The highest BCUT2D eigenvalue weighted by Crippen LogP contribution is 2.36. The molecule has 0 unspecified atom stereocenters. The number of aryl methyl sites for hydroxylation is 2. The van der Waals surface area contributed by atoms with E-state index in [-0.39, 0.29) is 0 Å². The second-order valence-electron chi connectivity index (χ2n) is 7.90. The lowest BCUT2D eigenvalue weighted by Gasteiger charge is -2.13. The van der Waals surface area contributed by atoms with Gasteiger partial charge in [-0.25, -0.2) is 4.98 Å². The third-order valence-corrected chi connectivity index (χ3v) is 5.76. The van der Waals surface area contributed by atoms with E-state index in [4.69, 9.17) is 29.0 Å². The van der Waals surface area contributed by atoms with Crippen LogP contribution in [0.2, 0.25) is 0 Å². The lowest BCUT2D eigenvalue weighted by Crippen LogP contribution is -2.10. The van der Waals surface area contributed by atoms with Gasteiger partial charge in [-0.15, -0.1) is 0 Å². The van der Waals surface area contributed by atoms with Crippen LogP contribution in [0, 0.1) is 13.8 Å². The number of rotatable bonds is 9. The van der Waals surface area contributed by atoms with Crippen LogP contribution in [0.5, 0.6) is 23.0 Å². The number of fused-ring (bicyclic) bond motifs is 1. The summed E-state index contributed by atoms with van der Waals surface area (Å²) in [7, 11) is 6.58. The molecule has 0 atom stereocenters. The van der Waals surface area contributed by atoms with Crippen molar-refractivity contribution in [3.8, 4) is 34.1 Å². The molecule has 0 bridgehead atoms. The zero-order valence-electron chi connectivity index (χ0n) is 20.4. The van der Waals surface area contributed by atoms with Crippen molar-refractivity contribution < 1.29 is 18.9 Å². The Morgan fingerprint density at radius 1 is 0.824 bits per heavy atom. The standard InChI is InChI=1S/C26H30N4O4/c1-16-13-24(27-12-11-18-7-9-20(31-3)15-22(18)33-5)30-26(28-16)25(17(2)29-30)19-8-10-21(32-4)23(14-19)34-6/h7-10,13-15,27H,11-12H2,1-6H3. The highest BCUT2D eigenvalue weighted by atomic mass is 16.5. The fraction of sp³-hybridized carbons (Fsp3) is 0.308. The minimum absolute atomic E-state index is 0.665. The number of nitrogens with one attached hydrogen (secondary N) is 1. The van der Waals surface area contributed by atoms with Crippen molar-refractivity contribution in [2.45, 2.75) is 20.3 Å². The quantitative estimate of drug-likeness (QED) is 0.386. The summed E-state index contributed by atoms with van der Waals surface area (Å²) in [6.45, 7) is 4.67. The molecule has 2 aromatic carbocycles. The lowest BCUT2D eigenvalue weighted by molar-refractivity contribution is 0.355. The van der Waals surface area contributed by atoms with Gasteiger partial charge in [0.2, 0.25) is 0 Å². The maximum Gasteiger partial charge on any atom is 0.165 e. The molecule has 0 amide bonds. The molecular weight excluding hydrogens is 432 g/mol. The van der Waals surface area contributed by atoms with Crippen molar-refractivity contribution in [2.24, 2.45) is 0 Å². The predicted molar refractivity (Wildman–Crippen MR) is 133 cm³/mol. The monoisotopic (exact) mass is 462 g/mol. The van der Waals surface area contributed by atoms with Crippen molar-refractivity contribution in [3.05, 3.63) is 59.4 Å². The summed E-state index contributed by atoms with van der Waals surface area (Å²) in [6, 6.07) is 13.7. The van der Waals surface area contributed by atoms with E-state index in [9.17, 15) is 0 Å². The van der Waals surface area contributed by atoms with E-state index in [0.717, 1.165) is 57.5 Å². The third kappa shape index (κ3) is 4.44. The molecule has 4 aromatic rings. The Morgan fingerprint density at radius 3 is 2.29 bits per heavy atom. The SMILES string of the molecule is COc1ccc(CCNc2cc(C)nc3c(-c4ccc(OC)c(OC)c4)c(C)nn23)c(OC)c1. The van der Waals surface area contributed by atoms with Gasteiger partial charge in [0.15, 0.2) is 17.1 Å². The molecule has 0 aliphatic heterocycles. The second kappa shape index (κ2) is 9.91. The van der Waals surface area contributed by atoms with E-state index in [0.29, 0.717) is 18.0 Å². The van der Waals surface area contributed by atoms with Gasteiger partial charge < -0.3 is 24.3 Å². The van der Waals surface area contributed by atoms with Crippen molar-refractivity contribution in [3.63, 3.8) is 0 Å². The molecule has 8 heteroatoms. The molecule has 34 heavy (non-hydrogen) atoms. The topological polar surface area (TPSA) is 79.1 Å². The predicted octanol–water partition coefficient (Wildman–Crippen LogP) is 4.70. The average molecular weight is 463 g/mol. The highest BCUT2D eigenvalue weighted by Gasteiger charge is 2.18. The highest BCUT2D eigenvalue weighted by molar-refractivity contribution is 5.82. The Bertz CT molecular complexity index is 1320. The number of anilines is 1. The molecule has 0 saturated heterocycles. The van der Waals surface area contributed by atoms with E-state index in [2.05, 4.69) is 5.32 Å². The van der Waals surface area contributed by atoms with Gasteiger partial charge in [-0.2, -0.15) is 9.61 Å². The Labute approximate surface area is 199 Å². The van der Waals surface area contributed by atoms with Crippen molar-refractivity contribution in [1.29, 1.82) is 0 Å². The van der Waals surface area contributed by atoms with Crippen LogP contribution in [-0.2, 0) is 6.42 Å². The van der Waals surface area contributed by atoms with Crippen LogP contribution in [0.15, 0.2) is 42.5 Å². The molecule has 0 aliphatic carbocycles. The van der Waals surface area contributed by atoms with Crippen molar-refractivity contribution in [1.82, 2.24) is 14.6 Å². The zero-order valence-corrected chi connectivity index (χ0v) is 20.4. The van der Waals surface area contributed by atoms with Gasteiger partial charge in [-0.05, 0) is 49.6 Å². The second-order valence-corrected chi connectivity index (χ2v) is 7.90. The number of aromatic nitrogens is 3. The van der Waals surface area contributed by atoms with Crippen LogP contribution in [0.25, 0.3) is 16.8 Å². The summed E-state index contributed by atoms with van der Waals surface area (Å²) in [5.41, 5.74) is 5.60. The van der Waals surface area contributed by atoms with Gasteiger partial charge in [0.1, 0.15) is 17.3 Å². The first kappa shape index (κ1) is 23.2. The number of ether oxygens (including phenoxy) is 4. The maximum absolute atomic E-state index is 5.53. The number of nitrogens with zero attached hydrogens (tertiary/aromatic N) is 3. The normalized spacial score (nSPS) is 10.9. The third-order valence-electron chi connectivity index (χ3n) is 5.76. The van der Waals surface area contributed by atoms with Crippen LogP contribution in [0.3, 0.4) is 0 Å². The van der Waals surface area contributed by atoms with Crippen LogP contribution >= 0.6 is 0 Å². The molecule has 2 heterocycles. The average Bonchev–Trinajstić information content (AvgIpc) is 3.19. The molecule has 178 valence electrons. The summed E-state index contributed by atoms with van der Waals surface area (Å²) >= 11 is 0. The van der Waals surface area contributed by atoms with Gasteiger partial charge >= 0.3 is 0 Å². The summed E-state index contributed by atoms with van der Waals surface area (Å²) in [5, 5.41) is 8.31. The summed E-state index contributed by atoms with van der Waals surface area (Å²) < 4.78 is 23.6. The van der Waals surface area contributed by atoms with E-state index in [1.807, 2.05) is 60.8 Å². The first-order chi connectivity index (χ1) is 16.5. The molecule has 0 spiro atoms. The van der Waals surface area contributed by atoms with Gasteiger partial charge in [0, 0.05) is 29.9 Å². The fourth-order valence-electron chi connectivity index (χ4n) is 4.08. The van der Waals surface area contributed by atoms with Crippen LogP contribution < -0.4 is 24.3 Å². The van der Waals surface area contributed by atoms with Crippen LogP contribution in [0.1, 0.15) is 17.0 Å². The van der Waals surface area contributed by atoms with Gasteiger partial charge in [0.05, 0.1) is 34.1 Å². The Balaban J connectivity index is 1.65. The van der Waals surface area contributed by atoms with Crippen LogP contribution in [0.4, 0.5) is 5.82 Å². The number of benzene rings is 2. The first-order valence-electron chi connectivity index (χ1n) is 11.0. The summed E-state index contributed by atoms with van der Waals surface area (Å²) in [6.07, 6.45) is 0.777. The summed E-state index contributed by atoms with van der Waals surface area (Å²) in [4.78, 5) is 4.80. The summed E-state index contributed by atoms with van der Waals surface area (Å²) in [5.74, 6) is 3.81. The number of hydrogen-bond donors (Lipinski definition) is 1. The van der Waals surface area contributed by atoms with Crippen LogP contribution in [-0.4, -0.2) is 49.6 Å². The Morgan fingerprint density at radius 2 is 1.59 bits per heavy atom. The molecule has 4 rings (SSSR count). The first-order valence-corrected chi connectivity index (χ1v) is 11.0. The van der Waals surface area contributed by atoms with E-state index < -0.39 is 0 Å². The zero-order chi connectivity index (χ0) is 24.2. The minimum atomic E-state index is 0.665. The molecule has 0 fully saturated rings. The fourth-order valence-corrected chi connectivity index (χ4v) is 4.08. The largest absolute Gasteiger partial charge is 0.497 e. The number of hydrogen-bond acceptors (Lipinski definition) is 7. The molecule has 0 aliphatic rings. The molecule has 2 aromatic heterocycles. The minimum Gasteiger partial charge on any atom is -0.497 e. The molecule has 1 N–H and O–H groups in total. The van der Waals surface area contributed by atoms with E-state index in [1.54, 1.807) is 28.4 Å². The molecule has 0 saturated carbocycles. The van der Waals surface area contributed by atoms with Crippen molar-refractivity contribution >= 4 is 11.5 Å². The van der Waals surface area contributed by atoms with Gasteiger partial charge in [0.25, 0.3) is 0 Å². The van der Waals surface area contributed by atoms with E-state index >= 15 is 0 Å². The number of methoxy groups -OCH3 is 4. The maximum atomic E-state index is 5.53. The molecule has 0 radical (unpaired) electrons. The smallest absolute Gasteiger partial charge is 0.165 e. The Hall–Kier alpha value is -3.94. The van der Waals surface area contributed by atoms with E-state index in [1.165, 1.54) is 0 Å². The molecule has 8 nitrogen and oxygen atoms in total. The van der Waals surface area contributed by atoms with Gasteiger partial charge in [-0.1, -0.05) is 12.1 Å². The Kier molecular flexibility index (Phi) is 6.77. The molecular formula is C26H30N4O4. The van der Waals surface area contributed by atoms with Gasteiger partial charge in [-0.3, -0.25) is 0 Å².